The van der Waals surface area contributed by atoms with Crippen LogP contribution in [0.25, 0.3) is 16.9 Å². The van der Waals surface area contributed by atoms with Crippen molar-refractivity contribution in [3.05, 3.63) is 80.9 Å². The molecule has 1 saturated heterocycles. The summed E-state index contributed by atoms with van der Waals surface area (Å²) in [5.41, 5.74) is 1.50. The van der Waals surface area contributed by atoms with E-state index in [1.165, 1.54) is 22.9 Å². The van der Waals surface area contributed by atoms with Gasteiger partial charge in [0.2, 0.25) is 0 Å². The third-order valence-electron chi connectivity index (χ3n) is 6.23. The van der Waals surface area contributed by atoms with Gasteiger partial charge in [0, 0.05) is 38.5 Å². The fraction of sp³-hybridized carbons (Fsp3) is 0.273. The largest absolute Gasteiger partial charge is 0.477 e. The number of aromatic nitrogens is 5. The topological polar surface area (TPSA) is 141 Å². The fourth-order valence-corrected chi connectivity index (χ4v) is 4.51. The van der Waals surface area contributed by atoms with Gasteiger partial charge in [0.05, 0.1) is 34.9 Å². The van der Waals surface area contributed by atoms with Gasteiger partial charge in [0.1, 0.15) is 11.5 Å². The minimum Gasteiger partial charge on any atom is -0.477 e. The molecule has 0 radical (unpaired) electrons. The first kappa shape index (κ1) is 21.5. The van der Waals surface area contributed by atoms with E-state index in [0.29, 0.717) is 48.7 Å². The second-order valence-electron chi connectivity index (χ2n) is 8.21. The van der Waals surface area contributed by atoms with Crippen molar-refractivity contribution < 1.29 is 14.8 Å². The number of non-ortho nitro benzene ring substituents is 1. The Hall–Kier alpha value is -4.32. The SMILES string of the molecule is Cn1c(C(=O)O)cnc1CN1CCC(n2c(=O)n(-c3ccc([N+](=O)[O-])cc3)c3cccnc32)C1. The standard InChI is InChI=1S/C22H21N7O5/c1-25-18(21(30)31)11-24-19(25)13-26-10-8-16(12-26)28-20-17(3-2-9-23-20)27(22(28)32)14-4-6-15(7-5-14)29(33)34/h2-7,9,11,16H,8,10,12-13H2,1H3,(H,30,31). The van der Waals surface area contributed by atoms with Crippen LogP contribution in [0.1, 0.15) is 28.8 Å². The zero-order valence-electron chi connectivity index (χ0n) is 18.2. The highest BCUT2D eigenvalue weighted by Gasteiger charge is 2.30. The number of nitro benzene ring substituents is 1. The Balaban J connectivity index is 1.47. The van der Waals surface area contributed by atoms with E-state index in [1.807, 2.05) is 0 Å². The lowest BCUT2D eigenvalue weighted by molar-refractivity contribution is -0.384. The van der Waals surface area contributed by atoms with E-state index in [2.05, 4.69) is 14.9 Å². The molecule has 34 heavy (non-hydrogen) atoms. The maximum absolute atomic E-state index is 13.5. The van der Waals surface area contributed by atoms with Gasteiger partial charge in [-0.1, -0.05) is 0 Å². The average molecular weight is 463 g/mol. The van der Waals surface area contributed by atoms with Crippen LogP contribution >= 0.6 is 0 Å². The van der Waals surface area contributed by atoms with Crippen LogP contribution in [-0.2, 0) is 13.6 Å². The van der Waals surface area contributed by atoms with Crippen LogP contribution in [-0.4, -0.2) is 57.7 Å². The zero-order valence-corrected chi connectivity index (χ0v) is 18.2. The van der Waals surface area contributed by atoms with E-state index in [1.54, 1.807) is 46.6 Å². The molecule has 3 aromatic heterocycles. The molecule has 0 saturated carbocycles. The molecule has 1 aromatic carbocycles. The Morgan fingerprint density at radius 2 is 2.00 bits per heavy atom. The molecule has 4 heterocycles. The van der Waals surface area contributed by atoms with Crippen LogP contribution in [0.5, 0.6) is 0 Å². The quantitative estimate of drug-likeness (QED) is 0.338. The Bertz CT molecular complexity index is 1470. The van der Waals surface area contributed by atoms with Crippen LogP contribution in [0.4, 0.5) is 5.69 Å². The number of hydrogen-bond acceptors (Lipinski definition) is 7. The van der Waals surface area contributed by atoms with Crippen molar-refractivity contribution in [3.63, 3.8) is 0 Å². The van der Waals surface area contributed by atoms with Crippen LogP contribution in [0.2, 0.25) is 0 Å². The second kappa shape index (κ2) is 8.23. The van der Waals surface area contributed by atoms with Crippen LogP contribution in [0.3, 0.4) is 0 Å². The molecule has 12 heteroatoms. The summed E-state index contributed by atoms with van der Waals surface area (Å²) < 4.78 is 4.76. The van der Waals surface area contributed by atoms with Gasteiger partial charge in [0.15, 0.2) is 5.65 Å². The predicted molar refractivity (Wildman–Crippen MR) is 121 cm³/mol. The van der Waals surface area contributed by atoms with Gasteiger partial charge < -0.3 is 9.67 Å². The molecular weight excluding hydrogens is 442 g/mol. The van der Waals surface area contributed by atoms with Gasteiger partial charge in [-0.15, -0.1) is 0 Å². The van der Waals surface area contributed by atoms with Gasteiger partial charge in [0.25, 0.3) is 5.69 Å². The summed E-state index contributed by atoms with van der Waals surface area (Å²) in [7, 11) is 1.67. The van der Waals surface area contributed by atoms with Crippen molar-refractivity contribution in [2.45, 2.75) is 19.0 Å². The van der Waals surface area contributed by atoms with E-state index in [9.17, 15) is 24.8 Å². The van der Waals surface area contributed by atoms with Crippen LogP contribution in [0, 0.1) is 10.1 Å². The number of pyridine rings is 1. The molecule has 1 aliphatic rings. The van der Waals surface area contributed by atoms with Gasteiger partial charge in [-0.25, -0.2) is 19.6 Å². The van der Waals surface area contributed by atoms with Crippen molar-refractivity contribution in [1.82, 2.24) is 28.6 Å². The number of rotatable bonds is 6. The van der Waals surface area contributed by atoms with Crippen molar-refractivity contribution in [2.24, 2.45) is 7.05 Å². The third-order valence-corrected chi connectivity index (χ3v) is 6.23. The highest BCUT2D eigenvalue weighted by Crippen LogP contribution is 2.27. The molecule has 0 bridgehead atoms. The summed E-state index contributed by atoms with van der Waals surface area (Å²) in [5.74, 6) is -0.394. The van der Waals surface area contributed by atoms with Crippen molar-refractivity contribution in [3.8, 4) is 5.69 Å². The Morgan fingerprint density at radius 1 is 1.24 bits per heavy atom. The summed E-state index contributed by atoms with van der Waals surface area (Å²) in [6.45, 7) is 1.75. The van der Waals surface area contributed by atoms with Crippen molar-refractivity contribution in [1.29, 1.82) is 0 Å². The summed E-state index contributed by atoms with van der Waals surface area (Å²) >= 11 is 0. The number of hydrogen-bond donors (Lipinski definition) is 1. The number of aromatic carboxylic acids is 1. The van der Waals surface area contributed by atoms with Gasteiger partial charge in [-0.05, 0) is 30.7 Å². The van der Waals surface area contributed by atoms with E-state index < -0.39 is 10.9 Å². The Kier molecular flexibility index (Phi) is 5.21. The number of nitrogens with zero attached hydrogens (tertiary/aromatic N) is 7. The summed E-state index contributed by atoms with van der Waals surface area (Å²) in [6, 6.07) is 9.26. The minimum absolute atomic E-state index is 0.0505. The molecule has 0 spiro atoms. The maximum Gasteiger partial charge on any atom is 0.354 e. The first-order valence-corrected chi connectivity index (χ1v) is 10.6. The van der Waals surface area contributed by atoms with Crippen molar-refractivity contribution >= 4 is 22.8 Å². The number of carboxylic acid groups (broad SMARTS) is 1. The van der Waals surface area contributed by atoms with Crippen molar-refractivity contribution in [2.75, 3.05) is 13.1 Å². The number of imidazole rings is 2. The third kappa shape index (κ3) is 3.53. The molecule has 174 valence electrons. The van der Waals surface area contributed by atoms with E-state index in [4.69, 9.17) is 0 Å². The lowest BCUT2D eigenvalue weighted by Crippen LogP contribution is -2.29. The molecule has 0 amide bonds. The van der Waals surface area contributed by atoms with E-state index in [-0.39, 0.29) is 23.1 Å². The van der Waals surface area contributed by atoms with E-state index >= 15 is 0 Å². The lowest BCUT2D eigenvalue weighted by Gasteiger charge is -2.16. The van der Waals surface area contributed by atoms with Crippen LogP contribution in [0.15, 0.2) is 53.6 Å². The summed E-state index contributed by atoms with van der Waals surface area (Å²) in [5, 5.41) is 20.3. The average Bonchev–Trinajstić information content (AvgIpc) is 3.50. The van der Waals surface area contributed by atoms with Gasteiger partial charge >= 0.3 is 11.7 Å². The smallest absolute Gasteiger partial charge is 0.354 e. The van der Waals surface area contributed by atoms with Gasteiger partial charge in [-0.3, -0.25) is 24.1 Å². The van der Waals surface area contributed by atoms with Gasteiger partial charge in [-0.2, -0.15) is 0 Å². The number of carbonyl (C=O) groups is 1. The Labute approximate surface area is 192 Å². The molecule has 0 aliphatic carbocycles. The number of likely N-dealkylation sites (tertiary alicyclic amines) is 1. The monoisotopic (exact) mass is 463 g/mol. The zero-order chi connectivity index (χ0) is 24.0. The minimum atomic E-state index is -1.03. The fourth-order valence-electron chi connectivity index (χ4n) is 4.51. The Morgan fingerprint density at radius 3 is 2.68 bits per heavy atom. The number of nitro groups is 1. The molecule has 1 fully saturated rings. The number of fused-ring (bicyclic) bond motifs is 1. The molecule has 5 rings (SSSR count). The van der Waals surface area contributed by atoms with E-state index in [0.717, 1.165) is 0 Å². The molecule has 12 nitrogen and oxygen atoms in total. The second-order valence-corrected chi connectivity index (χ2v) is 8.21. The molecular formula is C22H21N7O5. The summed E-state index contributed by atoms with van der Waals surface area (Å²) in [4.78, 5) is 46.2. The normalized spacial score (nSPS) is 16.3. The number of benzene rings is 1. The van der Waals surface area contributed by atoms with Crippen LogP contribution < -0.4 is 5.69 Å². The number of carboxylic acids is 1. The summed E-state index contributed by atoms with van der Waals surface area (Å²) in [6.07, 6.45) is 3.69. The lowest BCUT2D eigenvalue weighted by atomic mass is 10.2. The highest BCUT2D eigenvalue weighted by molar-refractivity contribution is 5.85. The first-order valence-electron chi connectivity index (χ1n) is 10.6. The molecule has 1 atom stereocenters. The predicted octanol–water partition coefficient (Wildman–Crippen LogP) is 1.97. The maximum atomic E-state index is 13.5. The molecule has 1 unspecified atom stereocenters. The highest BCUT2D eigenvalue weighted by atomic mass is 16.6. The molecule has 1 N–H and O–H groups in total. The molecule has 4 aromatic rings. The first-order chi connectivity index (χ1) is 16.3. The molecule has 1 aliphatic heterocycles.